The average Bonchev–Trinajstić information content (AvgIpc) is 2.03. The number of esters is 1. The fourth-order valence-corrected chi connectivity index (χ4v) is 1.55. The summed E-state index contributed by atoms with van der Waals surface area (Å²) in [7, 11) is 1.31. The van der Waals surface area contributed by atoms with Gasteiger partial charge in [0, 0.05) is 6.42 Å². The molecule has 0 aromatic carbocycles. The third-order valence-electron chi connectivity index (χ3n) is 2.29. The van der Waals surface area contributed by atoms with Crippen LogP contribution >= 0.6 is 0 Å². The Morgan fingerprint density at radius 1 is 1.42 bits per heavy atom. The Bertz CT molecular complexity index is 168. The van der Waals surface area contributed by atoms with E-state index in [2.05, 4.69) is 4.74 Å². The lowest BCUT2D eigenvalue weighted by Gasteiger charge is -2.28. The normalized spacial score (nSPS) is 36.1. The van der Waals surface area contributed by atoms with E-state index in [0.717, 1.165) is 0 Å². The largest absolute Gasteiger partial charge is 0.469 e. The third-order valence-corrected chi connectivity index (χ3v) is 2.29. The predicted molar refractivity (Wildman–Crippen MR) is 41.4 cm³/mol. The van der Waals surface area contributed by atoms with Gasteiger partial charge in [-0.05, 0) is 12.8 Å². The van der Waals surface area contributed by atoms with Gasteiger partial charge in [0.2, 0.25) is 0 Å². The van der Waals surface area contributed by atoms with Gasteiger partial charge in [0.15, 0.2) is 0 Å². The number of ether oxygens (including phenoxy) is 1. The van der Waals surface area contributed by atoms with Crippen molar-refractivity contribution in [2.24, 2.45) is 5.92 Å². The molecule has 12 heavy (non-hydrogen) atoms. The number of carbonyl (C=O) groups excluding carboxylic acids is 1. The van der Waals surface area contributed by atoms with Gasteiger partial charge >= 0.3 is 5.97 Å². The molecule has 0 heterocycles. The zero-order chi connectivity index (χ0) is 9.14. The van der Waals surface area contributed by atoms with E-state index in [-0.39, 0.29) is 12.4 Å². The Morgan fingerprint density at radius 2 is 2.08 bits per heavy atom. The van der Waals surface area contributed by atoms with Gasteiger partial charge in [-0.3, -0.25) is 4.79 Å². The summed E-state index contributed by atoms with van der Waals surface area (Å²) in [4.78, 5) is 11.0. The molecule has 3 unspecified atom stereocenters. The maximum atomic E-state index is 11.0. The quantitative estimate of drug-likeness (QED) is 0.535. The molecule has 70 valence electrons. The van der Waals surface area contributed by atoms with E-state index in [1.807, 2.05) is 0 Å². The predicted octanol–water partition coefficient (Wildman–Crippen LogP) is -0.319. The summed E-state index contributed by atoms with van der Waals surface area (Å²) >= 11 is 0. The molecule has 1 aliphatic carbocycles. The zero-order valence-electron chi connectivity index (χ0n) is 7.06. The highest BCUT2D eigenvalue weighted by atomic mass is 16.5. The van der Waals surface area contributed by atoms with Gasteiger partial charge < -0.3 is 14.9 Å². The number of methoxy groups -OCH3 is 1. The van der Waals surface area contributed by atoms with Crippen LogP contribution in [0.4, 0.5) is 0 Å². The van der Waals surface area contributed by atoms with Crippen LogP contribution in [0.1, 0.15) is 19.3 Å². The van der Waals surface area contributed by atoms with Crippen LogP contribution < -0.4 is 0 Å². The highest BCUT2D eigenvalue weighted by molar-refractivity contribution is 5.73. The second kappa shape index (κ2) is 3.87. The number of hydrogen-bond donors (Lipinski definition) is 2. The van der Waals surface area contributed by atoms with Gasteiger partial charge in [-0.25, -0.2) is 0 Å². The van der Waals surface area contributed by atoms with Crippen molar-refractivity contribution in [3.8, 4) is 0 Å². The molecule has 1 rings (SSSR count). The summed E-state index contributed by atoms with van der Waals surface area (Å²) in [5, 5.41) is 18.5. The Labute approximate surface area is 71.2 Å². The highest BCUT2D eigenvalue weighted by Crippen LogP contribution is 2.25. The molecular weight excluding hydrogens is 160 g/mol. The molecule has 4 heteroatoms. The van der Waals surface area contributed by atoms with E-state index in [0.29, 0.717) is 12.8 Å². The van der Waals surface area contributed by atoms with Crippen molar-refractivity contribution in [3.63, 3.8) is 0 Å². The minimum absolute atomic E-state index is 0.278. The molecule has 4 nitrogen and oxygen atoms in total. The summed E-state index contributed by atoms with van der Waals surface area (Å²) in [6, 6.07) is 0. The molecule has 0 saturated heterocycles. The summed E-state index contributed by atoms with van der Waals surface area (Å²) in [5.74, 6) is -0.826. The minimum atomic E-state index is -0.749. The van der Waals surface area contributed by atoms with Crippen LogP contribution in [-0.2, 0) is 9.53 Å². The van der Waals surface area contributed by atoms with Crippen LogP contribution in [0.25, 0.3) is 0 Å². The van der Waals surface area contributed by atoms with Crippen LogP contribution in [0.3, 0.4) is 0 Å². The molecule has 1 fully saturated rings. The molecule has 3 atom stereocenters. The van der Waals surface area contributed by atoms with Crippen LogP contribution in [0, 0.1) is 5.92 Å². The molecule has 2 N–H and O–H groups in total. The standard InChI is InChI=1S/C8H14O4/c1-12-8(11)6-3-2-5(9)4-7(6)10/h5-7,9-10H,2-4H2,1H3. The number of rotatable bonds is 1. The maximum absolute atomic E-state index is 11.0. The Morgan fingerprint density at radius 3 is 2.58 bits per heavy atom. The number of aliphatic hydroxyl groups excluding tert-OH is 2. The highest BCUT2D eigenvalue weighted by Gasteiger charge is 2.33. The summed E-state index contributed by atoms with van der Waals surface area (Å²) < 4.78 is 4.51. The molecule has 0 aromatic heterocycles. The van der Waals surface area contributed by atoms with Crippen molar-refractivity contribution in [2.75, 3.05) is 7.11 Å². The van der Waals surface area contributed by atoms with Gasteiger partial charge in [-0.15, -0.1) is 0 Å². The lowest BCUT2D eigenvalue weighted by molar-refractivity contribution is -0.152. The van der Waals surface area contributed by atoms with E-state index in [4.69, 9.17) is 5.11 Å². The Hall–Kier alpha value is -0.610. The van der Waals surface area contributed by atoms with Crippen LogP contribution in [0.2, 0.25) is 0 Å². The van der Waals surface area contributed by atoms with Crippen molar-refractivity contribution >= 4 is 5.97 Å². The summed E-state index contributed by atoms with van der Waals surface area (Å²) in [5.41, 5.74) is 0. The maximum Gasteiger partial charge on any atom is 0.311 e. The molecule has 0 radical (unpaired) electrons. The Balaban J connectivity index is 2.50. The molecule has 0 amide bonds. The second-order valence-corrected chi connectivity index (χ2v) is 3.16. The van der Waals surface area contributed by atoms with Gasteiger partial charge in [-0.1, -0.05) is 0 Å². The van der Waals surface area contributed by atoms with E-state index in [9.17, 15) is 9.90 Å². The van der Waals surface area contributed by atoms with E-state index in [1.165, 1.54) is 7.11 Å². The van der Waals surface area contributed by atoms with Crippen molar-refractivity contribution in [1.29, 1.82) is 0 Å². The van der Waals surface area contributed by atoms with Crippen molar-refractivity contribution in [2.45, 2.75) is 31.5 Å². The summed E-state index contributed by atoms with van der Waals surface area (Å²) in [6.07, 6.45) is 0.133. The van der Waals surface area contributed by atoms with Gasteiger partial charge in [-0.2, -0.15) is 0 Å². The number of hydrogen-bond acceptors (Lipinski definition) is 4. The number of carbonyl (C=O) groups is 1. The minimum Gasteiger partial charge on any atom is -0.469 e. The smallest absolute Gasteiger partial charge is 0.311 e. The van der Waals surface area contributed by atoms with Crippen molar-refractivity contribution in [3.05, 3.63) is 0 Å². The molecule has 0 aliphatic heterocycles. The first-order chi connectivity index (χ1) is 5.65. The van der Waals surface area contributed by atoms with Crippen LogP contribution in [-0.4, -0.2) is 35.5 Å². The van der Waals surface area contributed by atoms with Crippen molar-refractivity contribution < 1.29 is 19.7 Å². The topological polar surface area (TPSA) is 66.8 Å². The number of aliphatic hydroxyl groups is 2. The molecule has 0 bridgehead atoms. The monoisotopic (exact) mass is 174 g/mol. The zero-order valence-corrected chi connectivity index (χ0v) is 7.06. The van der Waals surface area contributed by atoms with E-state index < -0.39 is 18.1 Å². The first-order valence-corrected chi connectivity index (χ1v) is 4.09. The van der Waals surface area contributed by atoms with Gasteiger partial charge in [0.1, 0.15) is 0 Å². The lowest BCUT2D eigenvalue weighted by atomic mass is 9.85. The second-order valence-electron chi connectivity index (χ2n) is 3.16. The van der Waals surface area contributed by atoms with Gasteiger partial charge in [0.05, 0.1) is 25.2 Å². The fourth-order valence-electron chi connectivity index (χ4n) is 1.55. The van der Waals surface area contributed by atoms with Gasteiger partial charge in [0.25, 0.3) is 0 Å². The average molecular weight is 174 g/mol. The molecule has 1 saturated carbocycles. The molecular formula is C8H14O4. The SMILES string of the molecule is COC(=O)C1CCC(O)CC1O. The lowest BCUT2D eigenvalue weighted by Crippen LogP contribution is -2.37. The van der Waals surface area contributed by atoms with Crippen LogP contribution in [0.15, 0.2) is 0 Å². The van der Waals surface area contributed by atoms with E-state index in [1.54, 1.807) is 0 Å². The first-order valence-electron chi connectivity index (χ1n) is 4.09. The molecule has 0 aromatic rings. The first kappa shape index (κ1) is 9.48. The molecule has 1 aliphatic rings. The van der Waals surface area contributed by atoms with E-state index >= 15 is 0 Å². The Kier molecular flexibility index (Phi) is 3.05. The van der Waals surface area contributed by atoms with Crippen LogP contribution in [0.5, 0.6) is 0 Å². The third kappa shape index (κ3) is 1.95. The molecule has 0 spiro atoms. The fraction of sp³-hybridized carbons (Fsp3) is 0.875. The summed E-state index contributed by atoms with van der Waals surface area (Å²) in [6.45, 7) is 0. The van der Waals surface area contributed by atoms with Crippen molar-refractivity contribution in [1.82, 2.24) is 0 Å².